The molecule has 0 amide bonds. The minimum Gasteiger partial charge on any atom is -0.310 e. The van der Waals surface area contributed by atoms with Gasteiger partial charge in [0.1, 0.15) is 0 Å². The van der Waals surface area contributed by atoms with E-state index >= 15 is 0 Å². The molecule has 0 saturated heterocycles. The number of para-hydroxylation sites is 2. The molecule has 0 N–H and O–H groups in total. The van der Waals surface area contributed by atoms with Gasteiger partial charge in [-0.3, -0.25) is 0 Å². The van der Waals surface area contributed by atoms with E-state index in [0.717, 1.165) is 12.8 Å². The van der Waals surface area contributed by atoms with Gasteiger partial charge >= 0.3 is 0 Å². The van der Waals surface area contributed by atoms with Gasteiger partial charge in [0, 0.05) is 38.1 Å². The van der Waals surface area contributed by atoms with Crippen LogP contribution in [-0.2, 0) is 0 Å². The van der Waals surface area contributed by atoms with E-state index < -0.39 is 0 Å². The number of benzene rings is 7. The first kappa shape index (κ1) is 28.6. The molecule has 2 heterocycles. The lowest BCUT2D eigenvalue weighted by atomic mass is 9.94. The molecule has 1 aliphatic carbocycles. The van der Waals surface area contributed by atoms with Crippen LogP contribution in [0.25, 0.3) is 89.6 Å². The van der Waals surface area contributed by atoms with E-state index in [-0.39, 0.29) is 0 Å². The van der Waals surface area contributed by atoms with Gasteiger partial charge in [0.05, 0.1) is 16.6 Å². The lowest BCUT2D eigenvalue weighted by Gasteiger charge is -2.13. The van der Waals surface area contributed by atoms with E-state index in [0.29, 0.717) is 0 Å². The van der Waals surface area contributed by atoms with E-state index in [4.69, 9.17) is 0 Å². The summed E-state index contributed by atoms with van der Waals surface area (Å²) < 4.78 is 4.85. The number of fused-ring (bicyclic) bond motifs is 6. The molecule has 1 aliphatic rings. The first-order valence-electron chi connectivity index (χ1n) is 17.5. The van der Waals surface area contributed by atoms with Crippen molar-refractivity contribution in [3.8, 4) is 44.8 Å². The molecule has 0 spiro atoms. The Kier molecular flexibility index (Phi) is 6.67. The van der Waals surface area contributed by atoms with E-state index in [1.165, 1.54) is 88.0 Å². The van der Waals surface area contributed by atoms with Crippen LogP contribution in [0.1, 0.15) is 12.8 Å². The molecular formula is C48H34N2. The molecule has 0 saturated carbocycles. The van der Waals surface area contributed by atoms with Gasteiger partial charge in [0.2, 0.25) is 0 Å². The Balaban J connectivity index is 1.12. The lowest BCUT2D eigenvalue weighted by Crippen LogP contribution is -2.30. The molecule has 0 radical (unpaired) electrons. The Bertz CT molecular complexity index is 2850. The maximum absolute atomic E-state index is 2.47. The molecule has 0 fully saturated rings. The van der Waals surface area contributed by atoms with Gasteiger partial charge < -0.3 is 9.13 Å². The van der Waals surface area contributed by atoms with Crippen molar-refractivity contribution < 1.29 is 0 Å². The van der Waals surface area contributed by atoms with Crippen LogP contribution in [0.3, 0.4) is 0 Å². The zero-order valence-corrected chi connectivity index (χ0v) is 27.6. The average molecular weight is 639 g/mol. The fraction of sp³-hybridized carbons (Fsp3) is 0.0417. The molecule has 0 unspecified atom stereocenters. The molecular weight excluding hydrogens is 605 g/mol. The smallest absolute Gasteiger partial charge is 0.0541 e. The second-order valence-corrected chi connectivity index (χ2v) is 13.2. The van der Waals surface area contributed by atoms with Crippen molar-refractivity contribution in [2.75, 3.05) is 0 Å². The summed E-state index contributed by atoms with van der Waals surface area (Å²) in [6, 6.07) is 61.9. The Morgan fingerprint density at radius 2 is 0.920 bits per heavy atom. The van der Waals surface area contributed by atoms with Crippen LogP contribution in [0.4, 0.5) is 0 Å². The molecule has 2 heteroatoms. The van der Waals surface area contributed by atoms with Gasteiger partial charge in [-0.25, -0.2) is 0 Å². The molecule has 10 rings (SSSR count). The number of hydrogen-bond donors (Lipinski definition) is 0. The second-order valence-electron chi connectivity index (χ2n) is 13.2. The van der Waals surface area contributed by atoms with E-state index in [9.17, 15) is 0 Å². The van der Waals surface area contributed by atoms with Crippen LogP contribution in [-0.4, -0.2) is 9.13 Å². The molecule has 2 aromatic heterocycles. The summed E-state index contributed by atoms with van der Waals surface area (Å²) in [5.74, 6) is 0. The van der Waals surface area contributed by atoms with Crippen LogP contribution in [0.5, 0.6) is 0 Å². The molecule has 2 nitrogen and oxygen atoms in total. The van der Waals surface area contributed by atoms with Crippen LogP contribution >= 0.6 is 0 Å². The summed E-state index contributed by atoms with van der Waals surface area (Å²) in [6.07, 6.45) is 6.97. The topological polar surface area (TPSA) is 9.86 Å². The van der Waals surface area contributed by atoms with Crippen molar-refractivity contribution in [3.05, 3.63) is 180 Å². The maximum atomic E-state index is 2.47. The Hall–Kier alpha value is -6.38. The highest BCUT2D eigenvalue weighted by molar-refractivity contribution is 6.10. The highest BCUT2D eigenvalue weighted by Crippen LogP contribution is 2.36. The Morgan fingerprint density at radius 1 is 0.340 bits per heavy atom. The first-order valence-corrected chi connectivity index (χ1v) is 17.5. The average Bonchev–Trinajstić information content (AvgIpc) is 3.71. The van der Waals surface area contributed by atoms with Gasteiger partial charge in [-0.2, -0.15) is 0 Å². The normalized spacial score (nSPS) is 12.6. The monoisotopic (exact) mass is 638 g/mol. The summed E-state index contributed by atoms with van der Waals surface area (Å²) in [4.78, 5) is 0. The van der Waals surface area contributed by atoms with Gasteiger partial charge in [-0.05, 0) is 101 Å². The summed E-state index contributed by atoms with van der Waals surface area (Å²) in [6.45, 7) is 0. The first-order chi connectivity index (χ1) is 24.8. The molecule has 9 aromatic rings. The fourth-order valence-corrected chi connectivity index (χ4v) is 8.08. The predicted molar refractivity (Wildman–Crippen MR) is 211 cm³/mol. The number of nitrogens with zero attached hydrogens (tertiary/aromatic N) is 2. The molecule has 0 aliphatic heterocycles. The summed E-state index contributed by atoms with van der Waals surface area (Å²) in [5.41, 5.74) is 13.5. The van der Waals surface area contributed by atoms with Crippen molar-refractivity contribution in [2.24, 2.45) is 0 Å². The summed E-state index contributed by atoms with van der Waals surface area (Å²) in [5, 5.41) is 6.47. The van der Waals surface area contributed by atoms with E-state index in [1.54, 1.807) is 0 Å². The van der Waals surface area contributed by atoms with Crippen LogP contribution in [0, 0.1) is 0 Å². The second kappa shape index (κ2) is 11.6. The third-order valence-electron chi connectivity index (χ3n) is 10.3. The highest BCUT2D eigenvalue weighted by Gasteiger charge is 2.16. The van der Waals surface area contributed by atoms with Gasteiger partial charge in [0.15, 0.2) is 0 Å². The van der Waals surface area contributed by atoms with E-state index in [2.05, 4.69) is 191 Å². The van der Waals surface area contributed by atoms with Gasteiger partial charge in [-0.15, -0.1) is 0 Å². The fourth-order valence-electron chi connectivity index (χ4n) is 8.08. The highest BCUT2D eigenvalue weighted by atomic mass is 15.0. The quantitative estimate of drug-likeness (QED) is 0.178. The minimum atomic E-state index is 1.05. The summed E-state index contributed by atoms with van der Waals surface area (Å²) in [7, 11) is 0. The number of aromatic nitrogens is 2. The Labute approximate surface area is 291 Å². The molecule has 50 heavy (non-hydrogen) atoms. The standard InChI is InChI=1S/C48H34N2/c1-3-14-33(15-4-1)39-20-7-8-21-40(39)36-16-13-19-38(30-36)50-46-25-12-10-23-42(46)44-32-35(27-29-48(44)50)34-26-28-47-43(31-34)41-22-9-11-24-45(41)49(47)37-17-5-2-6-18-37/h1-9,11,13-32H,10,12H2. The molecule has 0 bridgehead atoms. The zero-order valence-electron chi connectivity index (χ0n) is 27.6. The lowest BCUT2D eigenvalue weighted by molar-refractivity contribution is 1.02. The van der Waals surface area contributed by atoms with Crippen molar-refractivity contribution in [1.82, 2.24) is 9.13 Å². The molecule has 0 atom stereocenters. The predicted octanol–water partition coefficient (Wildman–Crippen LogP) is 11.1. The van der Waals surface area contributed by atoms with Crippen molar-refractivity contribution in [3.63, 3.8) is 0 Å². The van der Waals surface area contributed by atoms with Crippen LogP contribution in [0.15, 0.2) is 170 Å². The summed E-state index contributed by atoms with van der Waals surface area (Å²) >= 11 is 0. The SMILES string of the molecule is C1=c2c(n(-c3cccc(-c4ccccc4-c4ccccc4)c3)c3ccc(-c4ccc5c(c4)c4ccccc4n5-c4ccccc4)cc23)=CCC1. The number of hydrogen-bond acceptors (Lipinski definition) is 0. The minimum absolute atomic E-state index is 1.05. The van der Waals surface area contributed by atoms with Crippen LogP contribution in [0.2, 0.25) is 0 Å². The zero-order chi connectivity index (χ0) is 33.0. The van der Waals surface area contributed by atoms with Crippen molar-refractivity contribution in [2.45, 2.75) is 12.8 Å². The Morgan fingerprint density at radius 3 is 1.72 bits per heavy atom. The third kappa shape index (κ3) is 4.57. The van der Waals surface area contributed by atoms with E-state index in [1.807, 2.05) is 0 Å². The third-order valence-corrected chi connectivity index (χ3v) is 10.3. The molecule has 7 aromatic carbocycles. The van der Waals surface area contributed by atoms with Gasteiger partial charge in [0.25, 0.3) is 0 Å². The number of rotatable bonds is 5. The largest absolute Gasteiger partial charge is 0.310 e. The van der Waals surface area contributed by atoms with Gasteiger partial charge in [-0.1, -0.05) is 127 Å². The van der Waals surface area contributed by atoms with Crippen LogP contribution < -0.4 is 10.6 Å². The van der Waals surface area contributed by atoms with Crippen molar-refractivity contribution in [1.29, 1.82) is 0 Å². The van der Waals surface area contributed by atoms with Crippen molar-refractivity contribution >= 4 is 44.9 Å². The molecule has 236 valence electrons. The maximum Gasteiger partial charge on any atom is 0.0541 e.